The van der Waals surface area contributed by atoms with Crippen LogP contribution in [0, 0.1) is 0 Å². The van der Waals surface area contributed by atoms with Crippen LogP contribution in [-0.4, -0.2) is 17.3 Å². The monoisotopic (exact) mass is 287 g/mol. The van der Waals surface area contributed by atoms with Crippen LogP contribution in [0.2, 0.25) is 0 Å². The van der Waals surface area contributed by atoms with Crippen LogP contribution in [0.15, 0.2) is 59.5 Å². The SMILES string of the molecule is CSc1cccc(NC(=O)CC(O)c2ccccc2)c1. The van der Waals surface area contributed by atoms with E-state index in [-0.39, 0.29) is 12.3 Å². The predicted molar refractivity (Wildman–Crippen MR) is 82.9 cm³/mol. The number of carbonyl (C=O) groups is 1. The molecule has 0 aliphatic carbocycles. The fourth-order valence-corrected chi connectivity index (χ4v) is 2.34. The molecule has 104 valence electrons. The third-order valence-electron chi connectivity index (χ3n) is 2.92. The highest BCUT2D eigenvalue weighted by atomic mass is 32.2. The number of amides is 1. The summed E-state index contributed by atoms with van der Waals surface area (Å²) >= 11 is 1.62. The standard InChI is InChI=1S/C16H17NO2S/c1-20-14-9-5-8-13(10-14)17-16(19)11-15(18)12-6-3-2-4-7-12/h2-10,15,18H,11H2,1H3,(H,17,19). The molecule has 2 N–H and O–H groups in total. The summed E-state index contributed by atoms with van der Waals surface area (Å²) in [5.41, 5.74) is 1.50. The van der Waals surface area contributed by atoms with Crippen LogP contribution in [0.4, 0.5) is 5.69 Å². The Labute approximate surface area is 123 Å². The first-order valence-electron chi connectivity index (χ1n) is 6.36. The second-order valence-electron chi connectivity index (χ2n) is 4.41. The highest BCUT2D eigenvalue weighted by Gasteiger charge is 2.12. The number of carbonyl (C=O) groups excluding carboxylic acids is 1. The zero-order valence-electron chi connectivity index (χ0n) is 11.2. The van der Waals surface area contributed by atoms with Crippen LogP contribution in [-0.2, 0) is 4.79 Å². The van der Waals surface area contributed by atoms with Gasteiger partial charge in [0.15, 0.2) is 0 Å². The molecule has 1 amide bonds. The third-order valence-corrected chi connectivity index (χ3v) is 3.64. The number of benzene rings is 2. The van der Waals surface area contributed by atoms with Gasteiger partial charge in [0.1, 0.15) is 0 Å². The number of thioether (sulfide) groups is 1. The van der Waals surface area contributed by atoms with Gasteiger partial charge in [0.05, 0.1) is 12.5 Å². The Morgan fingerprint density at radius 1 is 1.20 bits per heavy atom. The van der Waals surface area contributed by atoms with E-state index in [0.717, 1.165) is 16.1 Å². The predicted octanol–water partition coefficient (Wildman–Crippen LogP) is 3.47. The van der Waals surface area contributed by atoms with Crippen LogP contribution in [0.25, 0.3) is 0 Å². The van der Waals surface area contributed by atoms with Crippen molar-refractivity contribution in [2.24, 2.45) is 0 Å². The number of aliphatic hydroxyl groups excluding tert-OH is 1. The summed E-state index contributed by atoms with van der Waals surface area (Å²) in [5, 5.41) is 12.8. The van der Waals surface area contributed by atoms with Gasteiger partial charge in [0, 0.05) is 10.6 Å². The summed E-state index contributed by atoms with van der Waals surface area (Å²) in [5.74, 6) is -0.195. The van der Waals surface area contributed by atoms with E-state index in [1.165, 1.54) is 0 Å². The molecule has 0 radical (unpaired) electrons. The number of anilines is 1. The number of hydrogen-bond donors (Lipinski definition) is 2. The molecule has 2 aromatic carbocycles. The summed E-state index contributed by atoms with van der Waals surface area (Å²) in [6.45, 7) is 0. The van der Waals surface area contributed by atoms with E-state index < -0.39 is 6.10 Å². The van der Waals surface area contributed by atoms with E-state index in [2.05, 4.69) is 5.32 Å². The van der Waals surface area contributed by atoms with Crippen LogP contribution >= 0.6 is 11.8 Å². The van der Waals surface area contributed by atoms with Crippen molar-refractivity contribution in [1.29, 1.82) is 0 Å². The van der Waals surface area contributed by atoms with Crippen LogP contribution in [0.1, 0.15) is 18.1 Å². The van der Waals surface area contributed by atoms with Crippen molar-refractivity contribution < 1.29 is 9.90 Å². The molecule has 0 bridgehead atoms. The highest BCUT2D eigenvalue weighted by molar-refractivity contribution is 7.98. The molecule has 0 fully saturated rings. The van der Waals surface area contributed by atoms with E-state index in [1.807, 2.05) is 60.9 Å². The molecule has 1 unspecified atom stereocenters. The molecule has 0 aromatic heterocycles. The largest absolute Gasteiger partial charge is 0.388 e. The number of nitrogens with one attached hydrogen (secondary N) is 1. The van der Waals surface area contributed by atoms with Gasteiger partial charge < -0.3 is 10.4 Å². The molecule has 2 rings (SSSR count). The Morgan fingerprint density at radius 3 is 2.65 bits per heavy atom. The number of hydrogen-bond acceptors (Lipinski definition) is 3. The zero-order chi connectivity index (χ0) is 14.4. The van der Waals surface area contributed by atoms with Crippen LogP contribution in [0.3, 0.4) is 0 Å². The third kappa shape index (κ3) is 4.11. The second kappa shape index (κ2) is 7.12. The molecular formula is C16H17NO2S. The van der Waals surface area contributed by atoms with E-state index in [0.29, 0.717) is 0 Å². The Hall–Kier alpha value is -1.78. The molecule has 0 heterocycles. The van der Waals surface area contributed by atoms with E-state index in [4.69, 9.17) is 0 Å². The van der Waals surface area contributed by atoms with Crippen molar-refractivity contribution in [1.82, 2.24) is 0 Å². The molecule has 4 heteroatoms. The number of aliphatic hydroxyl groups is 1. The van der Waals surface area contributed by atoms with Crippen molar-refractivity contribution in [2.75, 3.05) is 11.6 Å². The van der Waals surface area contributed by atoms with Gasteiger partial charge in [0.25, 0.3) is 0 Å². The van der Waals surface area contributed by atoms with Crippen molar-refractivity contribution in [2.45, 2.75) is 17.4 Å². The summed E-state index contributed by atoms with van der Waals surface area (Å²) in [6, 6.07) is 16.8. The summed E-state index contributed by atoms with van der Waals surface area (Å²) in [6.07, 6.45) is 1.26. The van der Waals surface area contributed by atoms with Crippen LogP contribution < -0.4 is 5.32 Å². The molecule has 0 aliphatic heterocycles. The fraction of sp³-hybridized carbons (Fsp3) is 0.188. The van der Waals surface area contributed by atoms with Gasteiger partial charge in [-0.05, 0) is 30.0 Å². The topological polar surface area (TPSA) is 49.3 Å². The first-order chi connectivity index (χ1) is 9.69. The molecule has 0 spiro atoms. The quantitative estimate of drug-likeness (QED) is 0.828. The molecule has 1 atom stereocenters. The minimum Gasteiger partial charge on any atom is -0.388 e. The average Bonchev–Trinajstić information content (AvgIpc) is 2.48. The molecule has 0 saturated carbocycles. The maximum Gasteiger partial charge on any atom is 0.227 e. The lowest BCUT2D eigenvalue weighted by atomic mass is 10.1. The Balaban J connectivity index is 1.95. The smallest absolute Gasteiger partial charge is 0.227 e. The normalized spacial score (nSPS) is 11.9. The lowest BCUT2D eigenvalue weighted by Gasteiger charge is -2.11. The Bertz CT molecular complexity index is 572. The van der Waals surface area contributed by atoms with Gasteiger partial charge in [-0.3, -0.25) is 4.79 Å². The first-order valence-corrected chi connectivity index (χ1v) is 7.58. The summed E-state index contributed by atoms with van der Waals surface area (Å²) in [4.78, 5) is 13.0. The van der Waals surface area contributed by atoms with Crippen molar-refractivity contribution in [3.05, 3.63) is 60.2 Å². The van der Waals surface area contributed by atoms with Crippen LogP contribution in [0.5, 0.6) is 0 Å². The first kappa shape index (κ1) is 14.6. The van der Waals surface area contributed by atoms with Gasteiger partial charge >= 0.3 is 0 Å². The van der Waals surface area contributed by atoms with Crippen molar-refractivity contribution in [3.63, 3.8) is 0 Å². The fourth-order valence-electron chi connectivity index (χ4n) is 1.88. The second-order valence-corrected chi connectivity index (χ2v) is 5.29. The van der Waals surface area contributed by atoms with E-state index in [1.54, 1.807) is 11.8 Å². The van der Waals surface area contributed by atoms with Gasteiger partial charge in [-0.25, -0.2) is 0 Å². The molecule has 2 aromatic rings. The minimum absolute atomic E-state index is 0.0491. The lowest BCUT2D eigenvalue weighted by Crippen LogP contribution is -2.15. The minimum atomic E-state index is -0.778. The maximum atomic E-state index is 11.9. The van der Waals surface area contributed by atoms with Gasteiger partial charge in [-0.1, -0.05) is 36.4 Å². The zero-order valence-corrected chi connectivity index (χ0v) is 12.1. The van der Waals surface area contributed by atoms with E-state index >= 15 is 0 Å². The highest BCUT2D eigenvalue weighted by Crippen LogP contribution is 2.20. The maximum absolute atomic E-state index is 11.9. The van der Waals surface area contributed by atoms with Gasteiger partial charge in [-0.2, -0.15) is 0 Å². The lowest BCUT2D eigenvalue weighted by molar-refractivity contribution is -0.118. The number of rotatable bonds is 5. The molecular weight excluding hydrogens is 270 g/mol. The van der Waals surface area contributed by atoms with Gasteiger partial charge in [0.2, 0.25) is 5.91 Å². The van der Waals surface area contributed by atoms with Crippen molar-refractivity contribution >= 4 is 23.4 Å². The Morgan fingerprint density at radius 2 is 1.95 bits per heavy atom. The molecule has 0 aliphatic rings. The summed E-state index contributed by atoms with van der Waals surface area (Å²) in [7, 11) is 0. The molecule has 0 saturated heterocycles. The molecule has 20 heavy (non-hydrogen) atoms. The Kier molecular flexibility index (Phi) is 5.21. The van der Waals surface area contributed by atoms with Gasteiger partial charge in [-0.15, -0.1) is 11.8 Å². The van der Waals surface area contributed by atoms with E-state index in [9.17, 15) is 9.90 Å². The molecule has 3 nitrogen and oxygen atoms in total. The average molecular weight is 287 g/mol. The van der Waals surface area contributed by atoms with Crippen molar-refractivity contribution in [3.8, 4) is 0 Å². The summed E-state index contributed by atoms with van der Waals surface area (Å²) < 4.78 is 0.